The SMILES string of the molecule is O=C(Cc1cccc(C(=O)O)c1)NCCCOC1CCCc2ccccc21. The lowest BCUT2D eigenvalue weighted by molar-refractivity contribution is -0.120. The van der Waals surface area contributed by atoms with E-state index in [0.29, 0.717) is 18.7 Å². The smallest absolute Gasteiger partial charge is 0.335 e. The highest BCUT2D eigenvalue weighted by atomic mass is 16.5. The third-order valence-corrected chi connectivity index (χ3v) is 4.82. The largest absolute Gasteiger partial charge is 0.478 e. The van der Waals surface area contributed by atoms with Crippen LogP contribution < -0.4 is 5.32 Å². The van der Waals surface area contributed by atoms with Crippen molar-refractivity contribution in [2.75, 3.05) is 13.2 Å². The van der Waals surface area contributed by atoms with Crippen molar-refractivity contribution in [1.82, 2.24) is 5.32 Å². The average Bonchev–Trinajstić information content (AvgIpc) is 2.68. The summed E-state index contributed by atoms with van der Waals surface area (Å²) in [6.45, 7) is 1.15. The van der Waals surface area contributed by atoms with Crippen molar-refractivity contribution in [3.8, 4) is 0 Å². The fraction of sp³-hybridized carbons (Fsp3) is 0.364. The van der Waals surface area contributed by atoms with Gasteiger partial charge in [0.1, 0.15) is 0 Å². The van der Waals surface area contributed by atoms with Crippen molar-refractivity contribution in [2.45, 2.75) is 38.2 Å². The lowest BCUT2D eigenvalue weighted by atomic mass is 9.89. The first-order chi connectivity index (χ1) is 13.1. The molecule has 0 spiro atoms. The van der Waals surface area contributed by atoms with Crippen LogP contribution >= 0.6 is 0 Å². The predicted molar refractivity (Wildman–Crippen MR) is 103 cm³/mol. The number of carbonyl (C=O) groups excluding carboxylic acids is 1. The van der Waals surface area contributed by atoms with Crippen molar-refractivity contribution < 1.29 is 19.4 Å². The summed E-state index contributed by atoms with van der Waals surface area (Å²) in [7, 11) is 0. The number of hydrogen-bond donors (Lipinski definition) is 2. The van der Waals surface area contributed by atoms with Gasteiger partial charge >= 0.3 is 5.97 Å². The summed E-state index contributed by atoms with van der Waals surface area (Å²) >= 11 is 0. The van der Waals surface area contributed by atoms with Crippen molar-refractivity contribution >= 4 is 11.9 Å². The van der Waals surface area contributed by atoms with Gasteiger partial charge in [-0.3, -0.25) is 4.79 Å². The number of amides is 1. The van der Waals surface area contributed by atoms with E-state index in [0.717, 1.165) is 25.7 Å². The van der Waals surface area contributed by atoms with Crippen LogP contribution in [0.3, 0.4) is 0 Å². The molecule has 0 bridgehead atoms. The van der Waals surface area contributed by atoms with Gasteiger partial charge in [-0.25, -0.2) is 4.79 Å². The van der Waals surface area contributed by atoms with Crippen LogP contribution in [0.2, 0.25) is 0 Å². The Hall–Kier alpha value is -2.66. The molecule has 0 saturated heterocycles. The van der Waals surface area contributed by atoms with Crippen LogP contribution in [0.4, 0.5) is 0 Å². The minimum atomic E-state index is -0.987. The standard InChI is InChI=1S/C22H25NO4/c24-21(15-16-6-3-9-18(14-16)22(25)26)23-12-5-13-27-20-11-4-8-17-7-1-2-10-19(17)20/h1-3,6-7,9-10,14,20H,4-5,8,11-13,15H2,(H,23,24)(H,25,26). The van der Waals surface area contributed by atoms with E-state index in [9.17, 15) is 9.59 Å². The van der Waals surface area contributed by atoms with Gasteiger partial charge in [0, 0.05) is 13.2 Å². The first-order valence-electron chi connectivity index (χ1n) is 9.42. The number of rotatable bonds is 8. The summed E-state index contributed by atoms with van der Waals surface area (Å²) in [5, 5.41) is 11.9. The third kappa shape index (κ3) is 5.41. The second-order valence-corrected chi connectivity index (χ2v) is 6.84. The number of carboxylic acids is 1. The highest BCUT2D eigenvalue weighted by Gasteiger charge is 2.19. The molecule has 5 heteroatoms. The van der Waals surface area contributed by atoms with E-state index in [1.165, 1.54) is 23.3 Å². The second-order valence-electron chi connectivity index (χ2n) is 6.84. The van der Waals surface area contributed by atoms with Gasteiger partial charge in [0.05, 0.1) is 18.1 Å². The van der Waals surface area contributed by atoms with Gasteiger partial charge in [0.15, 0.2) is 0 Å². The van der Waals surface area contributed by atoms with E-state index < -0.39 is 5.97 Å². The Labute approximate surface area is 159 Å². The molecule has 2 aromatic carbocycles. The van der Waals surface area contributed by atoms with Gasteiger partial charge in [-0.15, -0.1) is 0 Å². The fourth-order valence-corrected chi connectivity index (χ4v) is 3.47. The molecule has 2 N–H and O–H groups in total. The molecule has 1 aliphatic rings. The van der Waals surface area contributed by atoms with Crippen LogP contribution in [0.15, 0.2) is 48.5 Å². The number of ether oxygens (including phenoxy) is 1. The molecule has 0 aromatic heterocycles. The lowest BCUT2D eigenvalue weighted by Gasteiger charge is -2.25. The highest BCUT2D eigenvalue weighted by molar-refractivity contribution is 5.88. The number of carbonyl (C=O) groups is 2. The number of benzene rings is 2. The van der Waals surface area contributed by atoms with Crippen LogP contribution in [-0.2, 0) is 22.4 Å². The molecule has 5 nitrogen and oxygen atoms in total. The Morgan fingerprint density at radius 1 is 1.15 bits per heavy atom. The van der Waals surface area contributed by atoms with Gasteiger partial charge in [0.25, 0.3) is 0 Å². The maximum Gasteiger partial charge on any atom is 0.335 e. The second kappa shape index (κ2) is 9.33. The van der Waals surface area contributed by atoms with E-state index in [4.69, 9.17) is 9.84 Å². The zero-order chi connectivity index (χ0) is 19.1. The molecule has 1 unspecified atom stereocenters. The van der Waals surface area contributed by atoms with Crippen LogP contribution in [0.5, 0.6) is 0 Å². The first-order valence-corrected chi connectivity index (χ1v) is 9.42. The van der Waals surface area contributed by atoms with E-state index in [2.05, 4.69) is 29.6 Å². The highest BCUT2D eigenvalue weighted by Crippen LogP contribution is 2.32. The summed E-state index contributed by atoms with van der Waals surface area (Å²) in [5.41, 5.74) is 3.57. The van der Waals surface area contributed by atoms with E-state index in [-0.39, 0.29) is 24.0 Å². The Morgan fingerprint density at radius 2 is 2.00 bits per heavy atom. The van der Waals surface area contributed by atoms with Crippen LogP contribution in [0, 0.1) is 0 Å². The molecule has 2 aromatic rings. The van der Waals surface area contributed by atoms with Gasteiger partial charge in [-0.2, -0.15) is 0 Å². The maximum absolute atomic E-state index is 12.0. The molecular formula is C22H25NO4. The molecule has 1 amide bonds. The Balaban J connectivity index is 1.38. The minimum Gasteiger partial charge on any atom is -0.478 e. The molecular weight excluding hydrogens is 342 g/mol. The van der Waals surface area contributed by atoms with Gasteiger partial charge < -0.3 is 15.2 Å². The molecule has 142 valence electrons. The van der Waals surface area contributed by atoms with Crippen LogP contribution in [0.25, 0.3) is 0 Å². The van der Waals surface area contributed by atoms with Crippen molar-refractivity contribution in [3.05, 3.63) is 70.8 Å². The summed E-state index contributed by atoms with van der Waals surface area (Å²) in [6.07, 6.45) is 4.40. The molecule has 3 rings (SSSR count). The number of aromatic carboxylic acids is 1. The van der Waals surface area contributed by atoms with E-state index in [1.807, 2.05) is 0 Å². The molecule has 1 atom stereocenters. The fourth-order valence-electron chi connectivity index (χ4n) is 3.47. The molecule has 0 fully saturated rings. The number of aryl methyl sites for hydroxylation is 1. The molecule has 27 heavy (non-hydrogen) atoms. The van der Waals surface area contributed by atoms with Crippen molar-refractivity contribution in [2.24, 2.45) is 0 Å². The summed E-state index contributed by atoms with van der Waals surface area (Å²) in [6, 6.07) is 14.9. The molecule has 0 saturated carbocycles. The summed E-state index contributed by atoms with van der Waals surface area (Å²) in [5.74, 6) is -1.10. The normalized spacial score (nSPS) is 15.8. The molecule has 0 heterocycles. The quantitative estimate of drug-likeness (QED) is 0.700. The Bertz CT molecular complexity index is 802. The summed E-state index contributed by atoms with van der Waals surface area (Å²) < 4.78 is 6.04. The first kappa shape index (κ1) is 19.1. The Kier molecular flexibility index (Phi) is 6.60. The van der Waals surface area contributed by atoms with Crippen LogP contribution in [0.1, 0.15) is 52.4 Å². The van der Waals surface area contributed by atoms with Gasteiger partial charge in [0.2, 0.25) is 5.91 Å². The van der Waals surface area contributed by atoms with E-state index in [1.54, 1.807) is 12.1 Å². The van der Waals surface area contributed by atoms with E-state index >= 15 is 0 Å². The number of carboxylic acid groups (broad SMARTS) is 1. The maximum atomic E-state index is 12.0. The zero-order valence-electron chi connectivity index (χ0n) is 15.3. The number of hydrogen-bond acceptors (Lipinski definition) is 3. The molecule has 0 radical (unpaired) electrons. The van der Waals surface area contributed by atoms with Crippen molar-refractivity contribution in [3.63, 3.8) is 0 Å². The monoisotopic (exact) mass is 367 g/mol. The van der Waals surface area contributed by atoms with Crippen molar-refractivity contribution in [1.29, 1.82) is 0 Å². The van der Waals surface area contributed by atoms with Gasteiger partial charge in [-0.05, 0) is 54.5 Å². The average molecular weight is 367 g/mol. The number of fused-ring (bicyclic) bond motifs is 1. The topological polar surface area (TPSA) is 75.6 Å². The lowest BCUT2D eigenvalue weighted by Crippen LogP contribution is -2.27. The summed E-state index contributed by atoms with van der Waals surface area (Å²) in [4.78, 5) is 23.0. The zero-order valence-corrected chi connectivity index (χ0v) is 15.3. The van der Waals surface area contributed by atoms with Gasteiger partial charge in [-0.1, -0.05) is 36.4 Å². The molecule has 1 aliphatic carbocycles. The predicted octanol–water partition coefficient (Wildman–Crippen LogP) is 3.53. The third-order valence-electron chi connectivity index (χ3n) is 4.82. The number of nitrogens with one attached hydrogen (secondary N) is 1. The Morgan fingerprint density at radius 3 is 2.85 bits per heavy atom. The minimum absolute atomic E-state index is 0.111. The molecule has 0 aliphatic heterocycles. The van der Waals surface area contributed by atoms with Crippen LogP contribution in [-0.4, -0.2) is 30.1 Å².